The van der Waals surface area contributed by atoms with Crippen molar-refractivity contribution in [2.45, 2.75) is 31.9 Å². The van der Waals surface area contributed by atoms with Crippen LogP contribution in [0, 0.1) is 0 Å². The molecular weight excluding hydrogens is 392 g/mol. The highest BCUT2D eigenvalue weighted by Crippen LogP contribution is 2.32. The van der Waals surface area contributed by atoms with Crippen molar-refractivity contribution in [1.29, 1.82) is 0 Å². The van der Waals surface area contributed by atoms with E-state index in [2.05, 4.69) is 4.72 Å². The summed E-state index contributed by atoms with van der Waals surface area (Å²) in [6, 6.07) is 10.4. The zero-order chi connectivity index (χ0) is 21.0. The van der Waals surface area contributed by atoms with Gasteiger partial charge < -0.3 is 14.4 Å². The van der Waals surface area contributed by atoms with Gasteiger partial charge in [-0.05, 0) is 54.3 Å². The second-order valence-electron chi connectivity index (χ2n) is 6.94. The van der Waals surface area contributed by atoms with E-state index in [0.29, 0.717) is 42.1 Å². The number of methoxy groups -OCH3 is 2. The number of sulfonamides is 1. The molecule has 2 aromatic carbocycles. The van der Waals surface area contributed by atoms with Crippen molar-refractivity contribution in [2.24, 2.45) is 0 Å². The number of benzene rings is 2. The Bertz CT molecular complexity index is 1000. The van der Waals surface area contributed by atoms with Gasteiger partial charge in [-0.15, -0.1) is 0 Å². The lowest BCUT2D eigenvalue weighted by atomic mass is 10.0. The first-order valence-electron chi connectivity index (χ1n) is 9.51. The molecule has 3 rings (SSSR count). The van der Waals surface area contributed by atoms with Crippen molar-refractivity contribution < 1.29 is 22.7 Å². The maximum Gasteiger partial charge on any atom is 0.236 e. The number of anilines is 2. The molecule has 0 atom stereocenters. The number of hydrogen-bond acceptors (Lipinski definition) is 5. The second kappa shape index (κ2) is 8.73. The Morgan fingerprint density at radius 1 is 1.03 bits per heavy atom. The molecule has 0 aromatic heterocycles. The maximum atomic E-state index is 12.7. The van der Waals surface area contributed by atoms with Crippen LogP contribution in [0.3, 0.4) is 0 Å². The molecule has 1 amide bonds. The summed E-state index contributed by atoms with van der Waals surface area (Å²) in [5, 5.41) is 0. The van der Waals surface area contributed by atoms with Gasteiger partial charge in [0, 0.05) is 24.3 Å². The van der Waals surface area contributed by atoms with Gasteiger partial charge >= 0.3 is 0 Å². The van der Waals surface area contributed by atoms with Gasteiger partial charge in [-0.2, -0.15) is 0 Å². The smallest absolute Gasteiger partial charge is 0.236 e. The minimum Gasteiger partial charge on any atom is -0.493 e. The van der Waals surface area contributed by atoms with Crippen LogP contribution in [0.5, 0.6) is 11.5 Å². The minimum atomic E-state index is -3.62. The van der Waals surface area contributed by atoms with E-state index in [1.54, 1.807) is 29.2 Å². The minimum absolute atomic E-state index is 0.112. The molecule has 0 saturated heterocycles. The highest BCUT2D eigenvalue weighted by Gasteiger charge is 2.24. The predicted molar refractivity (Wildman–Crippen MR) is 113 cm³/mol. The molecule has 156 valence electrons. The number of carbonyl (C=O) groups excluding carboxylic acids is 1. The zero-order valence-electron chi connectivity index (χ0n) is 16.9. The topological polar surface area (TPSA) is 84.9 Å². The number of ether oxygens (including phenoxy) is 2. The Kier molecular flexibility index (Phi) is 6.32. The third-order valence-electron chi connectivity index (χ3n) is 4.80. The number of carbonyl (C=O) groups is 1. The molecule has 7 nitrogen and oxygen atoms in total. The highest BCUT2D eigenvalue weighted by atomic mass is 32.2. The van der Waals surface area contributed by atoms with Gasteiger partial charge in [0.1, 0.15) is 0 Å². The first kappa shape index (κ1) is 21.0. The Morgan fingerprint density at radius 3 is 2.48 bits per heavy atom. The number of fused-ring (bicyclic) bond motifs is 1. The predicted octanol–water partition coefficient (Wildman–Crippen LogP) is 3.33. The van der Waals surface area contributed by atoms with Gasteiger partial charge in [0.25, 0.3) is 0 Å². The lowest BCUT2D eigenvalue weighted by Gasteiger charge is -2.29. The van der Waals surface area contributed by atoms with Gasteiger partial charge in [0.05, 0.1) is 20.0 Å². The highest BCUT2D eigenvalue weighted by molar-refractivity contribution is 7.91. The van der Waals surface area contributed by atoms with Gasteiger partial charge in [-0.3, -0.25) is 9.52 Å². The fraction of sp³-hybridized carbons (Fsp3) is 0.381. The third-order valence-corrected chi connectivity index (χ3v) is 6.06. The molecule has 8 heteroatoms. The van der Waals surface area contributed by atoms with Crippen LogP contribution in [-0.2, 0) is 27.0 Å². The van der Waals surface area contributed by atoms with Crippen LogP contribution in [0.15, 0.2) is 36.4 Å². The third kappa shape index (κ3) is 4.82. The molecule has 1 N–H and O–H groups in total. The van der Waals surface area contributed by atoms with E-state index >= 15 is 0 Å². The number of nitrogens with zero attached hydrogens (tertiary/aromatic N) is 1. The molecule has 1 aliphatic heterocycles. The quantitative estimate of drug-likeness (QED) is 0.711. The normalized spacial score (nSPS) is 13.8. The van der Waals surface area contributed by atoms with Crippen molar-refractivity contribution in [3.8, 4) is 11.5 Å². The van der Waals surface area contributed by atoms with E-state index in [4.69, 9.17) is 9.47 Å². The zero-order valence-corrected chi connectivity index (χ0v) is 17.7. The summed E-state index contributed by atoms with van der Waals surface area (Å²) in [5.74, 6) is 0.948. The van der Waals surface area contributed by atoms with Crippen LogP contribution in [0.4, 0.5) is 11.4 Å². The lowest BCUT2D eigenvalue weighted by molar-refractivity contribution is -0.118. The van der Waals surface area contributed by atoms with E-state index < -0.39 is 10.0 Å². The van der Waals surface area contributed by atoms with Crippen LogP contribution in [-0.4, -0.2) is 35.1 Å². The average Bonchev–Trinajstić information content (AvgIpc) is 2.69. The molecule has 0 aliphatic carbocycles. The second-order valence-corrected chi connectivity index (χ2v) is 8.66. The summed E-state index contributed by atoms with van der Waals surface area (Å²) in [4.78, 5) is 13.9. The lowest BCUT2D eigenvalue weighted by Crippen LogP contribution is -2.35. The summed E-state index contributed by atoms with van der Waals surface area (Å²) in [5.41, 5.74) is 2.93. The van der Waals surface area contributed by atoms with Crippen molar-refractivity contribution in [3.63, 3.8) is 0 Å². The van der Waals surface area contributed by atoms with E-state index in [-0.39, 0.29) is 11.7 Å². The Labute approximate surface area is 171 Å². The van der Waals surface area contributed by atoms with E-state index in [1.807, 2.05) is 19.1 Å². The monoisotopic (exact) mass is 418 g/mol. The van der Waals surface area contributed by atoms with Crippen molar-refractivity contribution in [3.05, 3.63) is 47.5 Å². The van der Waals surface area contributed by atoms with E-state index in [1.165, 1.54) is 14.2 Å². The summed E-state index contributed by atoms with van der Waals surface area (Å²) in [7, 11) is -0.583. The van der Waals surface area contributed by atoms with Gasteiger partial charge in [0.15, 0.2) is 11.5 Å². The summed E-state index contributed by atoms with van der Waals surface area (Å²) >= 11 is 0. The fourth-order valence-corrected chi connectivity index (χ4v) is 4.67. The summed E-state index contributed by atoms with van der Waals surface area (Å²) < 4.78 is 38.4. The first-order valence-corrected chi connectivity index (χ1v) is 11.2. The molecule has 0 radical (unpaired) electrons. The van der Waals surface area contributed by atoms with Crippen molar-refractivity contribution >= 4 is 27.3 Å². The van der Waals surface area contributed by atoms with E-state index in [0.717, 1.165) is 17.7 Å². The molecule has 1 heterocycles. The number of nitrogens with one attached hydrogen (secondary N) is 1. The molecule has 0 spiro atoms. The molecule has 0 fully saturated rings. The number of aryl methyl sites for hydroxylation is 1. The molecule has 1 aliphatic rings. The SMILES string of the molecule is CCCN1C(=O)CCc2cc(NS(=O)(=O)Cc3ccc(OC)c(OC)c3)ccc21. The number of amides is 1. The first-order chi connectivity index (χ1) is 13.9. The molecule has 0 unspecified atom stereocenters. The largest absolute Gasteiger partial charge is 0.493 e. The number of rotatable bonds is 8. The molecular formula is C21H26N2O5S. The summed E-state index contributed by atoms with van der Waals surface area (Å²) in [6.07, 6.45) is 1.92. The van der Waals surface area contributed by atoms with Crippen LogP contribution >= 0.6 is 0 Å². The van der Waals surface area contributed by atoms with Crippen molar-refractivity contribution in [1.82, 2.24) is 0 Å². The molecule has 0 bridgehead atoms. The number of hydrogen-bond donors (Lipinski definition) is 1. The van der Waals surface area contributed by atoms with Crippen molar-refractivity contribution in [2.75, 3.05) is 30.4 Å². The Morgan fingerprint density at radius 2 is 1.79 bits per heavy atom. The van der Waals surface area contributed by atoms with Crippen LogP contribution < -0.4 is 19.1 Å². The van der Waals surface area contributed by atoms with Gasteiger partial charge in [-0.25, -0.2) is 8.42 Å². The molecule has 2 aromatic rings. The average molecular weight is 419 g/mol. The van der Waals surface area contributed by atoms with Crippen LogP contribution in [0.1, 0.15) is 30.9 Å². The standard InChI is InChI=1S/C21H26N2O5S/c1-4-11-23-18-8-7-17(13-16(18)6-10-21(23)24)22-29(25,26)14-15-5-9-19(27-2)20(12-15)28-3/h5,7-9,12-13,22H,4,6,10-11,14H2,1-3H3. The Hall–Kier alpha value is -2.74. The molecule has 29 heavy (non-hydrogen) atoms. The van der Waals surface area contributed by atoms with Gasteiger partial charge in [0.2, 0.25) is 15.9 Å². The molecule has 0 saturated carbocycles. The van der Waals surface area contributed by atoms with E-state index in [9.17, 15) is 13.2 Å². The van der Waals surface area contributed by atoms with Crippen LogP contribution in [0.2, 0.25) is 0 Å². The van der Waals surface area contributed by atoms with Gasteiger partial charge in [-0.1, -0.05) is 13.0 Å². The van der Waals surface area contributed by atoms with Crippen LogP contribution in [0.25, 0.3) is 0 Å². The fourth-order valence-electron chi connectivity index (χ4n) is 3.50. The summed E-state index contributed by atoms with van der Waals surface area (Å²) in [6.45, 7) is 2.69. The Balaban J connectivity index is 1.78. The maximum absolute atomic E-state index is 12.7.